The maximum absolute atomic E-state index is 13.6. The number of rotatable bonds is 7. The first-order chi connectivity index (χ1) is 11.2. The van der Waals surface area contributed by atoms with E-state index in [1.54, 1.807) is 0 Å². The second-order valence-corrected chi connectivity index (χ2v) is 12.5. The van der Waals surface area contributed by atoms with E-state index in [1.165, 1.54) is 12.1 Å². The second kappa shape index (κ2) is 7.89. The van der Waals surface area contributed by atoms with Crippen LogP contribution in [0.25, 0.3) is 0 Å². The lowest BCUT2D eigenvalue weighted by atomic mass is 10.2. The minimum atomic E-state index is -2.66. The number of benzene rings is 1. The van der Waals surface area contributed by atoms with Crippen molar-refractivity contribution in [3.8, 4) is 0 Å². The van der Waals surface area contributed by atoms with Crippen LogP contribution in [0, 0.1) is 5.82 Å². The van der Waals surface area contributed by atoms with Gasteiger partial charge in [0.2, 0.25) is 0 Å². The molecule has 0 radical (unpaired) electrons. The molecule has 0 amide bonds. The molecule has 0 aliphatic rings. The van der Waals surface area contributed by atoms with Crippen LogP contribution in [-0.2, 0) is 10.8 Å². The van der Waals surface area contributed by atoms with Crippen molar-refractivity contribution in [2.75, 3.05) is 6.56 Å². The maximum atomic E-state index is 13.6. The molecule has 0 N–H and O–H groups in total. The molecular weight excluding hydrogens is 347 g/mol. The molecule has 0 unspecified atom stereocenters. The van der Waals surface area contributed by atoms with Crippen molar-refractivity contribution in [2.24, 2.45) is 0 Å². The number of aryl methyl sites for hydroxylation is 1. The zero-order chi connectivity index (χ0) is 19.8. The fraction of sp³-hybridized carbons (Fsp3) is 0.647. The smallest absolute Gasteiger partial charge is 0.200 e. The van der Waals surface area contributed by atoms with Crippen LogP contribution in [0.5, 0.6) is 0 Å². The number of hydrogen-bond acceptors (Lipinski definition) is 1. The van der Waals surface area contributed by atoms with Gasteiger partial charge in [-0.25, -0.2) is 4.39 Å². The minimum Gasteiger partial charge on any atom is -0.416 e. The first kappa shape index (κ1) is 13.3. The molecule has 0 aliphatic carbocycles. The molecule has 0 atom stereocenters. The van der Waals surface area contributed by atoms with Gasteiger partial charge in [0.1, 0.15) is 5.82 Å². The van der Waals surface area contributed by atoms with Crippen molar-refractivity contribution in [3.63, 3.8) is 0 Å². The predicted octanol–water partition coefficient (Wildman–Crippen LogP) is 6.32. The third-order valence-corrected chi connectivity index (χ3v) is 10.6. The van der Waals surface area contributed by atoms with E-state index in [9.17, 15) is 4.39 Å². The fourth-order valence-electron chi connectivity index (χ4n) is 3.12. The lowest BCUT2D eigenvalue weighted by Crippen LogP contribution is -2.48. The van der Waals surface area contributed by atoms with Gasteiger partial charge < -0.3 is 4.43 Å². The van der Waals surface area contributed by atoms with Crippen LogP contribution in [-0.4, -0.2) is 14.9 Å². The molecule has 0 spiro atoms. The zero-order valence-electron chi connectivity index (χ0n) is 17.6. The van der Waals surface area contributed by atoms with E-state index in [-0.39, 0.29) is 22.2 Å². The van der Waals surface area contributed by atoms with E-state index in [4.69, 9.17) is 9.91 Å². The summed E-state index contributed by atoms with van der Waals surface area (Å²) in [4.78, 5) is 0. The lowest BCUT2D eigenvalue weighted by Gasteiger charge is -2.42. The van der Waals surface area contributed by atoms with Crippen LogP contribution in [0.15, 0.2) is 22.7 Å². The number of hydrogen-bond donors (Lipinski definition) is 0. The van der Waals surface area contributed by atoms with Gasteiger partial charge in [0.25, 0.3) is 0 Å². The highest BCUT2D eigenvalue weighted by molar-refractivity contribution is 9.10. The van der Waals surface area contributed by atoms with Crippen LogP contribution >= 0.6 is 15.9 Å². The summed E-state index contributed by atoms with van der Waals surface area (Å²) in [6.07, 6.45) is -2.51. The van der Waals surface area contributed by atoms with E-state index in [0.717, 1.165) is 6.07 Å². The second-order valence-electron chi connectivity index (χ2n) is 6.27. The van der Waals surface area contributed by atoms with E-state index in [2.05, 4.69) is 15.9 Å². The Morgan fingerprint density at radius 1 is 1.14 bits per heavy atom. The van der Waals surface area contributed by atoms with Crippen LogP contribution in [0.3, 0.4) is 0 Å². The molecular formula is C17H28BrFOSi. The monoisotopic (exact) mass is 378 g/mol. The van der Waals surface area contributed by atoms with E-state index >= 15 is 0 Å². The van der Waals surface area contributed by atoms with Crippen molar-refractivity contribution >= 4 is 24.2 Å². The van der Waals surface area contributed by atoms with Gasteiger partial charge >= 0.3 is 0 Å². The molecule has 0 aliphatic heterocycles. The van der Waals surface area contributed by atoms with Crippen molar-refractivity contribution in [1.29, 1.82) is 0 Å². The molecule has 1 rings (SSSR count). The molecule has 0 saturated carbocycles. The third kappa shape index (κ3) is 4.39. The van der Waals surface area contributed by atoms with E-state index < -0.39 is 27.1 Å². The highest BCUT2D eigenvalue weighted by Crippen LogP contribution is 2.42. The van der Waals surface area contributed by atoms with Crippen LogP contribution in [0.2, 0.25) is 16.6 Å². The SMILES string of the molecule is [2H]C([2H])(O[Si](C(C)C)(C(C)C)C(C)C)C([2H])([2H])c1cc(F)ccc1Br. The molecule has 0 bridgehead atoms. The minimum absolute atomic E-state index is 0.0864. The Kier molecular flexibility index (Phi) is 4.98. The molecule has 21 heavy (non-hydrogen) atoms. The quantitative estimate of drug-likeness (QED) is 0.504. The van der Waals surface area contributed by atoms with Crippen molar-refractivity contribution in [1.82, 2.24) is 0 Å². The zero-order valence-corrected chi connectivity index (χ0v) is 16.2. The van der Waals surface area contributed by atoms with Gasteiger partial charge in [-0.2, -0.15) is 0 Å². The van der Waals surface area contributed by atoms with Gasteiger partial charge in [-0.15, -0.1) is 0 Å². The Bertz CT molecular complexity index is 587. The Hall–Kier alpha value is -0.193. The largest absolute Gasteiger partial charge is 0.416 e. The van der Waals surface area contributed by atoms with Gasteiger partial charge in [-0.3, -0.25) is 0 Å². The van der Waals surface area contributed by atoms with E-state index in [1.807, 2.05) is 41.5 Å². The first-order valence-corrected chi connectivity index (χ1v) is 10.3. The summed E-state index contributed by atoms with van der Waals surface area (Å²) < 4.78 is 53.7. The van der Waals surface area contributed by atoms with Gasteiger partial charge in [0.15, 0.2) is 8.32 Å². The third-order valence-electron chi connectivity index (χ3n) is 4.05. The average Bonchev–Trinajstić information content (AvgIpc) is 2.45. The molecule has 1 aromatic rings. The van der Waals surface area contributed by atoms with Crippen molar-refractivity contribution in [3.05, 3.63) is 34.1 Å². The fourth-order valence-corrected chi connectivity index (χ4v) is 8.40. The summed E-state index contributed by atoms with van der Waals surface area (Å²) in [6.45, 7) is 9.47. The summed E-state index contributed by atoms with van der Waals surface area (Å²) in [5, 5.41) is 0. The van der Waals surface area contributed by atoms with E-state index in [0.29, 0.717) is 4.47 Å². The highest BCUT2D eigenvalue weighted by atomic mass is 79.9. The highest BCUT2D eigenvalue weighted by Gasteiger charge is 2.44. The molecule has 0 aromatic heterocycles. The van der Waals surface area contributed by atoms with Crippen molar-refractivity contribution < 1.29 is 14.3 Å². The first-order valence-electron chi connectivity index (χ1n) is 9.35. The summed E-state index contributed by atoms with van der Waals surface area (Å²) in [5.74, 6) is -0.613. The van der Waals surface area contributed by atoms with Gasteiger partial charge in [-0.1, -0.05) is 57.5 Å². The Morgan fingerprint density at radius 2 is 1.67 bits per heavy atom. The molecule has 0 fully saturated rings. The Balaban J connectivity index is 3.44. The van der Waals surface area contributed by atoms with Crippen molar-refractivity contribution in [2.45, 2.75) is 64.5 Å². The molecule has 4 heteroatoms. The number of halogens is 2. The van der Waals surface area contributed by atoms with Gasteiger partial charge in [-0.05, 0) is 46.8 Å². The van der Waals surface area contributed by atoms with Crippen LogP contribution in [0.4, 0.5) is 4.39 Å². The van der Waals surface area contributed by atoms with Crippen LogP contribution < -0.4 is 0 Å². The van der Waals surface area contributed by atoms with Gasteiger partial charge in [0.05, 0.1) is 2.74 Å². The topological polar surface area (TPSA) is 9.23 Å². The lowest BCUT2D eigenvalue weighted by molar-refractivity contribution is 0.281. The molecule has 1 aromatic carbocycles. The summed E-state index contributed by atoms with van der Waals surface area (Å²) in [6, 6.07) is 3.61. The van der Waals surface area contributed by atoms with Gasteiger partial charge in [0, 0.05) is 13.8 Å². The summed E-state index contributed by atoms with van der Waals surface area (Å²) in [5.41, 5.74) is 0.231. The normalized spacial score (nSPS) is 16.9. The predicted molar refractivity (Wildman–Crippen MR) is 94.8 cm³/mol. The molecule has 0 heterocycles. The molecule has 0 saturated heterocycles. The summed E-state index contributed by atoms with van der Waals surface area (Å²) >= 11 is 3.21. The Labute approximate surface area is 144 Å². The maximum Gasteiger partial charge on any atom is 0.200 e. The molecule has 120 valence electrons. The average molecular weight is 379 g/mol. The van der Waals surface area contributed by atoms with Crippen LogP contribution in [0.1, 0.15) is 52.6 Å². The summed E-state index contributed by atoms with van der Waals surface area (Å²) in [7, 11) is -2.66. The Morgan fingerprint density at radius 3 is 2.14 bits per heavy atom. The standard InChI is InChI=1S/C17H28BrFOSi/c1-12(2)21(13(3)4,14(5)6)20-10-9-15-11-16(19)7-8-17(15)18/h7-8,11-14H,9-10H2,1-6H3/i9D2,10D2. The molecule has 1 nitrogen and oxygen atoms in total.